The third-order valence-electron chi connectivity index (χ3n) is 4.00. The predicted octanol–water partition coefficient (Wildman–Crippen LogP) is 3.05. The number of allylic oxidation sites excluding steroid dienone is 3. The number of nitrogens with zero attached hydrogens (tertiary/aromatic N) is 1. The second-order valence-electron chi connectivity index (χ2n) is 5.43. The van der Waals surface area contributed by atoms with Crippen molar-refractivity contribution < 1.29 is 9.53 Å². The first-order valence-corrected chi connectivity index (χ1v) is 6.97. The summed E-state index contributed by atoms with van der Waals surface area (Å²) >= 11 is 0. The molecule has 1 aliphatic heterocycles. The molecule has 1 heterocycles. The van der Waals surface area contributed by atoms with Gasteiger partial charge in [0.15, 0.2) is 0 Å². The minimum Gasteiger partial charge on any atom is -0.500 e. The Labute approximate surface area is 115 Å². The summed E-state index contributed by atoms with van der Waals surface area (Å²) in [5.41, 5.74) is 0.554. The summed E-state index contributed by atoms with van der Waals surface area (Å²) in [5, 5.41) is 0. The lowest BCUT2D eigenvalue weighted by Crippen LogP contribution is -2.44. The van der Waals surface area contributed by atoms with Crippen molar-refractivity contribution in [1.29, 1.82) is 0 Å². The van der Waals surface area contributed by atoms with E-state index in [2.05, 4.69) is 19.6 Å². The van der Waals surface area contributed by atoms with Crippen LogP contribution >= 0.6 is 0 Å². The average molecular weight is 261 g/mol. The fraction of sp³-hybridized carbons (Fsp3) is 0.562. The van der Waals surface area contributed by atoms with Gasteiger partial charge in [0.05, 0.1) is 7.11 Å². The van der Waals surface area contributed by atoms with E-state index in [9.17, 15) is 4.79 Å². The van der Waals surface area contributed by atoms with Crippen molar-refractivity contribution in [2.75, 3.05) is 20.2 Å². The van der Waals surface area contributed by atoms with Crippen LogP contribution in [-0.2, 0) is 9.53 Å². The number of carbonyl (C=O) groups excluding carboxylic acids is 1. The van der Waals surface area contributed by atoms with E-state index in [0.29, 0.717) is 6.42 Å². The second-order valence-corrected chi connectivity index (χ2v) is 5.43. The van der Waals surface area contributed by atoms with Crippen LogP contribution in [0.2, 0.25) is 0 Å². The molecule has 1 unspecified atom stereocenters. The van der Waals surface area contributed by atoms with Gasteiger partial charge in [-0.3, -0.25) is 4.79 Å². The molecule has 0 bridgehead atoms. The van der Waals surface area contributed by atoms with Crippen molar-refractivity contribution in [2.24, 2.45) is 5.41 Å². The molecule has 0 spiro atoms. The maximum absolute atomic E-state index is 12.9. The fourth-order valence-electron chi connectivity index (χ4n) is 3.10. The molecule has 2 rings (SSSR count). The van der Waals surface area contributed by atoms with Crippen LogP contribution in [0.5, 0.6) is 0 Å². The Balaban J connectivity index is 2.39. The monoisotopic (exact) mass is 261 g/mol. The highest BCUT2D eigenvalue weighted by atomic mass is 16.5. The summed E-state index contributed by atoms with van der Waals surface area (Å²) in [6, 6.07) is 0. The number of likely N-dealkylation sites (tertiary alicyclic amines) is 1. The van der Waals surface area contributed by atoms with E-state index in [-0.39, 0.29) is 5.91 Å². The third kappa shape index (κ3) is 2.46. The number of hydrogen-bond acceptors (Lipinski definition) is 2. The first-order valence-electron chi connectivity index (χ1n) is 6.97. The number of ether oxygens (including phenoxy) is 1. The predicted molar refractivity (Wildman–Crippen MR) is 76.5 cm³/mol. The molecule has 1 atom stereocenters. The Bertz CT molecular complexity index is 430. The molecule has 104 valence electrons. The van der Waals surface area contributed by atoms with Crippen molar-refractivity contribution >= 4 is 5.91 Å². The fourth-order valence-corrected chi connectivity index (χ4v) is 3.10. The summed E-state index contributed by atoms with van der Waals surface area (Å²) < 4.78 is 5.51. The van der Waals surface area contributed by atoms with Crippen LogP contribution in [0.3, 0.4) is 0 Å². The molecule has 2 aliphatic rings. The van der Waals surface area contributed by atoms with Crippen LogP contribution in [0.1, 0.15) is 32.6 Å². The van der Waals surface area contributed by atoms with E-state index >= 15 is 0 Å². The number of amides is 1. The smallest absolute Gasteiger partial charge is 0.240 e. The van der Waals surface area contributed by atoms with Gasteiger partial charge in [-0.05, 0) is 38.7 Å². The first kappa shape index (κ1) is 13.9. The topological polar surface area (TPSA) is 29.5 Å². The van der Waals surface area contributed by atoms with Gasteiger partial charge in [-0.2, -0.15) is 0 Å². The van der Waals surface area contributed by atoms with Gasteiger partial charge < -0.3 is 9.64 Å². The van der Waals surface area contributed by atoms with Gasteiger partial charge >= 0.3 is 0 Å². The lowest BCUT2D eigenvalue weighted by Gasteiger charge is -2.36. The van der Waals surface area contributed by atoms with E-state index in [1.807, 2.05) is 17.1 Å². The van der Waals surface area contributed by atoms with Gasteiger partial charge in [-0.25, -0.2) is 0 Å². The average Bonchev–Trinajstić information content (AvgIpc) is 2.92. The summed E-state index contributed by atoms with van der Waals surface area (Å²) in [5.74, 6) is 0.937. The normalized spacial score (nSPS) is 26.7. The van der Waals surface area contributed by atoms with E-state index in [4.69, 9.17) is 4.74 Å². The summed E-state index contributed by atoms with van der Waals surface area (Å²) in [6.07, 6.45) is 9.58. The molecule has 19 heavy (non-hydrogen) atoms. The van der Waals surface area contributed by atoms with Crippen LogP contribution in [0.4, 0.5) is 0 Å². The molecule has 0 aromatic rings. The molecular weight excluding hydrogens is 238 g/mol. The lowest BCUT2D eigenvalue weighted by atomic mass is 9.75. The van der Waals surface area contributed by atoms with Crippen molar-refractivity contribution in [3.05, 3.63) is 36.1 Å². The molecule has 3 heteroatoms. The summed E-state index contributed by atoms with van der Waals surface area (Å²) in [7, 11) is 1.65. The first-order chi connectivity index (χ1) is 9.14. The highest BCUT2D eigenvalue weighted by Crippen LogP contribution is 2.41. The summed E-state index contributed by atoms with van der Waals surface area (Å²) in [6.45, 7) is 7.61. The molecular formula is C16H23NO2. The van der Waals surface area contributed by atoms with Crippen LogP contribution in [0.15, 0.2) is 36.1 Å². The zero-order chi connectivity index (χ0) is 13.9. The van der Waals surface area contributed by atoms with Crippen molar-refractivity contribution in [2.45, 2.75) is 32.6 Å². The van der Waals surface area contributed by atoms with E-state index in [0.717, 1.165) is 38.1 Å². The number of hydrogen-bond donors (Lipinski definition) is 0. The summed E-state index contributed by atoms with van der Waals surface area (Å²) in [4.78, 5) is 14.9. The van der Waals surface area contributed by atoms with Gasteiger partial charge in [0, 0.05) is 13.1 Å². The molecule has 0 saturated carbocycles. The Morgan fingerprint density at radius 2 is 2.21 bits per heavy atom. The zero-order valence-corrected chi connectivity index (χ0v) is 11.9. The Morgan fingerprint density at radius 3 is 2.79 bits per heavy atom. The molecule has 0 radical (unpaired) electrons. The van der Waals surface area contributed by atoms with Gasteiger partial charge in [0.1, 0.15) is 11.2 Å². The van der Waals surface area contributed by atoms with Crippen molar-refractivity contribution in [1.82, 2.24) is 4.90 Å². The standard InChI is InChI=1S/C16H23NO2/c1-4-9-16(15(18)17-10-5-6-11-17)12-13(2)7-8-14(16)19-3/h4,8,12H,1,5-7,9-11H2,2-3H3. The maximum atomic E-state index is 12.9. The van der Waals surface area contributed by atoms with Gasteiger partial charge in [0.25, 0.3) is 0 Å². The second kappa shape index (κ2) is 5.64. The number of carbonyl (C=O) groups is 1. The van der Waals surface area contributed by atoms with E-state index in [1.54, 1.807) is 7.11 Å². The molecule has 1 aliphatic carbocycles. The molecule has 1 fully saturated rings. The lowest BCUT2D eigenvalue weighted by molar-refractivity contribution is -0.138. The molecule has 3 nitrogen and oxygen atoms in total. The van der Waals surface area contributed by atoms with Gasteiger partial charge in [-0.15, -0.1) is 6.58 Å². The van der Waals surface area contributed by atoms with Crippen LogP contribution in [0.25, 0.3) is 0 Å². The highest BCUT2D eigenvalue weighted by molar-refractivity contribution is 5.88. The van der Waals surface area contributed by atoms with Crippen LogP contribution < -0.4 is 0 Å². The SMILES string of the molecule is C=CCC1(C(=O)N2CCCC2)C=C(C)CC=C1OC. The van der Waals surface area contributed by atoms with Crippen molar-refractivity contribution in [3.8, 4) is 0 Å². The van der Waals surface area contributed by atoms with Gasteiger partial charge in [-0.1, -0.05) is 17.7 Å². The largest absolute Gasteiger partial charge is 0.500 e. The zero-order valence-electron chi connectivity index (χ0n) is 11.9. The van der Waals surface area contributed by atoms with E-state index < -0.39 is 5.41 Å². The molecule has 1 amide bonds. The van der Waals surface area contributed by atoms with Crippen LogP contribution in [0, 0.1) is 5.41 Å². The Kier molecular flexibility index (Phi) is 4.13. The quantitative estimate of drug-likeness (QED) is 0.728. The number of rotatable bonds is 4. The highest BCUT2D eigenvalue weighted by Gasteiger charge is 2.44. The van der Waals surface area contributed by atoms with Crippen LogP contribution in [-0.4, -0.2) is 31.0 Å². The Hall–Kier alpha value is -1.51. The third-order valence-corrected chi connectivity index (χ3v) is 4.00. The van der Waals surface area contributed by atoms with E-state index in [1.165, 1.54) is 5.57 Å². The minimum absolute atomic E-state index is 0.164. The molecule has 0 N–H and O–H groups in total. The maximum Gasteiger partial charge on any atom is 0.240 e. The van der Waals surface area contributed by atoms with Gasteiger partial charge in [0.2, 0.25) is 5.91 Å². The van der Waals surface area contributed by atoms with Crippen molar-refractivity contribution in [3.63, 3.8) is 0 Å². The molecule has 0 aromatic carbocycles. The minimum atomic E-state index is -0.664. The molecule has 1 saturated heterocycles. The molecule has 0 aromatic heterocycles. The Morgan fingerprint density at radius 1 is 1.53 bits per heavy atom. The number of methoxy groups -OCH3 is 1.